The predicted octanol–water partition coefficient (Wildman–Crippen LogP) is 2.13. The summed E-state index contributed by atoms with van der Waals surface area (Å²) in [4.78, 5) is 1.27. The van der Waals surface area contributed by atoms with E-state index in [2.05, 4.69) is 21.8 Å². The van der Waals surface area contributed by atoms with E-state index in [1.165, 1.54) is 4.88 Å². The van der Waals surface area contributed by atoms with Crippen molar-refractivity contribution >= 4 is 22.9 Å². The Balaban J connectivity index is 2.10. The SMILES string of the molecule is ClCc1cn(Cc2cccs2)nn1. The second-order valence-electron chi connectivity index (χ2n) is 2.62. The van der Waals surface area contributed by atoms with Crippen LogP contribution in [0.1, 0.15) is 10.6 Å². The molecule has 0 amide bonds. The van der Waals surface area contributed by atoms with Gasteiger partial charge in [-0.15, -0.1) is 28.0 Å². The van der Waals surface area contributed by atoms with Crippen LogP contribution >= 0.6 is 22.9 Å². The van der Waals surface area contributed by atoms with Crippen LogP contribution in [0.2, 0.25) is 0 Å². The van der Waals surface area contributed by atoms with E-state index in [-0.39, 0.29) is 0 Å². The summed E-state index contributed by atoms with van der Waals surface area (Å²) in [5, 5.41) is 9.90. The quantitative estimate of drug-likeness (QED) is 0.732. The van der Waals surface area contributed by atoms with Crippen molar-refractivity contribution in [1.29, 1.82) is 0 Å². The molecule has 0 N–H and O–H groups in total. The van der Waals surface area contributed by atoms with Gasteiger partial charge in [-0.3, -0.25) is 0 Å². The maximum Gasteiger partial charge on any atom is 0.0974 e. The van der Waals surface area contributed by atoms with Gasteiger partial charge in [-0.2, -0.15) is 0 Å². The number of aromatic nitrogens is 3. The van der Waals surface area contributed by atoms with Gasteiger partial charge in [0.2, 0.25) is 0 Å². The first kappa shape index (κ1) is 8.72. The van der Waals surface area contributed by atoms with Gasteiger partial charge in [-0.1, -0.05) is 11.3 Å². The third kappa shape index (κ3) is 2.08. The van der Waals surface area contributed by atoms with E-state index in [9.17, 15) is 0 Å². The zero-order valence-electron chi connectivity index (χ0n) is 6.85. The molecule has 0 unspecified atom stereocenters. The van der Waals surface area contributed by atoms with Gasteiger partial charge in [-0.05, 0) is 11.4 Å². The normalized spacial score (nSPS) is 10.5. The van der Waals surface area contributed by atoms with Crippen LogP contribution < -0.4 is 0 Å². The fourth-order valence-corrected chi connectivity index (χ4v) is 1.86. The molecule has 0 aliphatic rings. The lowest BCUT2D eigenvalue weighted by atomic mass is 10.4. The number of nitrogens with zero attached hydrogens (tertiary/aromatic N) is 3. The van der Waals surface area contributed by atoms with Crippen molar-refractivity contribution in [2.45, 2.75) is 12.4 Å². The lowest BCUT2D eigenvalue weighted by Gasteiger charge is -1.94. The fraction of sp³-hybridized carbons (Fsp3) is 0.250. The maximum atomic E-state index is 5.61. The van der Waals surface area contributed by atoms with Crippen molar-refractivity contribution < 1.29 is 0 Å². The maximum absolute atomic E-state index is 5.61. The summed E-state index contributed by atoms with van der Waals surface area (Å²) in [5.41, 5.74) is 0.818. The summed E-state index contributed by atoms with van der Waals surface area (Å²) in [6.45, 7) is 0.779. The van der Waals surface area contributed by atoms with E-state index in [4.69, 9.17) is 11.6 Å². The summed E-state index contributed by atoms with van der Waals surface area (Å²) in [5.74, 6) is 0.421. The van der Waals surface area contributed by atoms with Crippen molar-refractivity contribution in [3.63, 3.8) is 0 Å². The topological polar surface area (TPSA) is 30.7 Å². The van der Waals surface area contributed by atoms with Gasteiger partial charge in [0.1, 0.15) is 0 Å². The summed E-state index contributed by atoms with van der Waals surface area (Å²) < 4.78 is 1.80. The van der Waals surface area contributed by atoms with Crippen molar-refractivity contribution in [2.24, 2.45) is 0 Å². The number of rotatable bonds is 3. The molecule has 0 aliphatic carbocycles. The summed E-state index contributed by atoms with van der Waals surface area (Å²) in [6.07, 6.45) is 1.87. The summed E-state index contributed by atoms with van der Waals surface area (Å²) in [6, 6.07) is 4.10. The molecule has 0 aromatic carbocycles. The Kier molecular flexibility index (Phi) is 2.61. The largest absolute Gasteiger partial charge is 0.247 e. The Bertz CT molecular complexity index is 368. The third-order valence-corrected chi connectivity index (χ3v) is 2.76. The highest BCUT2D eigenvalue weighted by atomic mass is 35.5. The molecule has 0 saturated carbocycles. The minimum absolute atomic E-state index is 0.421. The van der Waals surface area contributed by atoms with E-state index < -0.39 is 0 Å². The third-order valence-electron chi connectivity index (χ3n) is 1.62. The Morgan fingerprint density at radius 1 is 1.54 bits per heavy atom. The number of halogens is 1. The van der Waals surface area contributed by atoms with Crippen molar-refractivity contribution in [2.75, 3.05) is 0 Å². The van der Waals surface area contributed by atoms with Gasteiger partial charge >= 0.3 is 0 Å². The molecular formula is C8H8ClN3S. The average molecular weight is 214 g/mol. The molecule has 0 saturated heterocycles. The lowest BCUT2D eigenvalue weighted by molar-refractivity contribution is 0.655. The van der Waals surface area contributed by atoms with Crippen molar-refractivity contribution in [3.8, 4) is 0 Å². The van der Waals surface area contributed by atoms with Crippen LogP contribution in [0.3, 0.4) is 0 Å². The molecule has 0 radical (unpaired) electrons. The molecule has 2 aromatic rings. The molecule has 68 valence electrons. The molecule has 2 rings (SSSR count). The molecule has 0 fully saturated rings. The van der Waals surface area contributed by atoms with Crippen molar-refractivity contribution in [3.05, 3.63) is 34.3 Å². The Labute approximate surface area is 85.0 Å². The van der Waals surface area contributed by atoms with E-state index in [1.807, 2.05) is 12.3 Å². The van der Waals surface area contributed by atoms with Gasteiger partial charge in [0.05, 0.1) is 24.3 Å². The van der Waals surface area contributed by atoms with E-state index in [1.54, 1.807) is 16.0 Å². The zero-order chi connectivity index (χ0) is 9.10. The Morgan fingerprint density at radius 3 is 3.08 bits per heavy atom. The van der Waals surface area contributed by atoms with Crippen LogP contribution in [0.5, 0.6) is 0 Å². The molecule has 13 heavy (non-hydrogen) atoms. The first-order valence-corrected chi connectivity index (χ1v) is 5.27. The predicted molar refractivity (Wildman–Crippen MR) is 53.0 cm³/mol. The summed E-state index contributed by atoms with van der Waals surface area (Å²) >= 11 is 7.32. The smallest absolute Gasteiger partial charge is 0.0974 e. The monoisotopic (exact) mass is 213 g/mol. The van der Waals surface area contributed by atoms with Crippen LogP contribution in [0, 0.1) is 0 Å². The van der Waals surface area contributed by atoms with Gasteiger partial charge in [0, 0.05) is 4.88 Å². The molecule has 0 spiro atoms. The lowest BCUT2D eigenvalue weighted by Crippen LogP contribution is -1.97. The van der Waals surface area contributed by atoms with E-state index in [0.717, 1.165) is 12.2 Å². The summed E-state index contributed by atoms with van der Waals surface area (Å²) in [7, 11) is 0. The van der Waals surface area contributed by atoms with Crippen LogP contribution in [-0.2, 0) is 12.4 Å². The number of hydrogen-bond donors (Lipinski definition) is 0. The molecule has 3 nitrogen and oxygen atoms in total. The molecule has 0 aliphatic heterocycles. The van der Waals surface area contributed by atoms with E-state index in [0.29, 0.717) is 5.88 Å². The Morgan fingerprint density at radius 2 is 2.46 bits per heavy atom. The number of thiophene rings is 1. The van der Waals surface area contributed by atoms with Crippen LogP contribution in [-0.4, -0.2) is 15.0 Å². The molecular weight excluding hydrogens is 206 g/mol. The molecule has 2 heterocycles. The van der Waals surface area contributed by atoms with E-state index >= 15 is 0 Å². The first-order chi connectivity index (χ1) is 6.38. The van der Waals surface area contributed by atoms with Gasteiger partial charge in [-0.25, -0.2) is 4.68 Å². The van der Waals surface area contributed by atoms with Gasteiger partial charge in [0.15, 0.2) is 0 Å². The Hall–Kier alpha value is -0.870. The highest BCUT2D eigenvalue weighted by Gasteiger charge is 2.00. The molecule has 5 heteroatoms. The highest BCUT2D eigenvalue weighted by Crippen LogP contribution is 2.10. The number of alkyl halides is 1. The minimum Gasteiger partial charge on any atom is -0.247 e. The van der Waals surface area contributed by atoms with Crippen molar-refractivity contribution in [1.82, 2.24) is 15.0 Å². The van der Waals surface area contributed by atoms with Crippen LogP contribution in [0.4, 0.5) is 0 Å². The van der Waals surface area contributed by atoms with Gasteiger partial charge < -0.3 is 0 Å². The molecule has 2 aromatic heterocycles. The fourth-order valence-electron chi connectivity index (χ4n) is 1.04. The molecule has 0 atom stereocenters. The highest BCUT2D eigenvalue weighted by molar-refractivity contribution is 7.09. The second kappa shape index (κ2) is 3.89. The molecule has 0 bridgehead atoms. The minimum atomic E-state index is 0.421. The van der Waals surface area contributed by atoms with Gasteiger partial charge in [0.25, 0.3) is 0 Å². The zero-order valence-corrected chi connectivity index (χ0v) is 8.42. The number of hydrogen-bond acceptors (Lipinski definition) is 3. The second-order valence-corrected chi connectivity index (χ2v) is 3.92. The van der Waals surface area contributed by atoms with Crippen LogP contribution in [0.25, 0.3) is 0 Å². The average Bonchev–Trinajstić information content (AvgIpc) is 2.76. The van der Waals surface area contributed by atoms with Crippen LogP contribution in [0.15, 0.2) is 23.7 Å². The first-order valence-electron chi connectivity index (χ1n) is 3.86. The standard InChI is InChI=1S/C8H8ClN3S/c9-4-7-5-12(11-10-7)6-8-2-1-3-13-8/h1-3,5H,4,6H2.